The number of alkyl halides is 3. The molecule has 26 heavy (non-hydrogen) atoms. The van der Waals surface area contributed by atoms with Gasteiger partial charge in [-0.3, -0.25) is 14.7 Å². The van der Waals surface area contributed by atoms with E-state index in [1.807, 2.05) is 5.10 Å². The van der Waals surface area contributed by atoms with Crippen LogP contribution in [0.3, 0.4) is 0 Å². The molecular weight excluding hydrogens is 392 g/mol. The largest absolute Gasteiger partial charge is 0.433 e. The number of aromatic amines is 1. The SMILES string of the molecule is O=C(c1ccc(Cl)cc1)c1c(C(F)(F)F)[nH]n(-c2ccc(Cl)cc2)c1=O. The van der Waals surface area contributed by atoms with Gasteiger partial charge in [0.2, 0.25) is 5.78 Å². The van der Waals surface area contributed by atoms with Gasteiger partial charge < -0.3 is 0 Å². The van der Waals surface area contributed by atoms with Crippen LogP contribution >= 0.6 is 23.2 Å². The van der Waals surface area contributed by atoms with Crippen LogP contribution in [0.15, 0.2) is 53.3 Å². The van der Waals surface area contributed by atoms with Crippen molar-refractivity contribution < 1.29 is 18.0 Å². The van der Waals surface area contributed by atoms with Crippen LogP contribution in [0.1, 0.15) is 21.6 Å². The molecular formula is C17H9Cl2F3N2O2. The van der Waals surface area contributed by atoms with Gasteiger partial charge in [0, 0.05) is 15.6 Å². The van der Waals surface area contributed by atoms with Crippen molar-refractivity contribution in [3.8, 4) is 5.69 Å². The molecule has 0 spiro atoms. The molecule has 1 N–H and O–H groups in total. The fourth-order valence-electron chi connectivity index (χ4n) is 2.37. The Bertz CT molecular complexity index is 1020. The topological polar surface area (TPSA) is 54.9 Å². The first-order chi connectivity index (χ1) is 12.2. The Hall–Kier alpha value is -2.51. The second-order valence-electron chi connectivity index (χ2n) is 5.31. The zero-order chi connectivity index (χ0) is 19.1. The van der Waals surface area contributed by atoms with E-state index >= 15 is 0 Å². The van der Waals surface area contributed by atoms with Crippen molar-refractivity contribution in [3.63, 3.8) is 0 Å². The van der Waals surface area contributed by atoms with Gasteiger partial charge in [-0.15, -0.1) is 0 Å². The van der Waals surface area contributed by atoms with E-state index in [-0.39, 0.29) is 11.3 Å². The number of aromatic nitrogens is 2. The molecule has 0 aliphatic heterocycles. The Balaban J connectivity index is 2.20. The highest BCUT2D eigenvalue weighted by Crippen LogP contribution is 2.31. The van der Waals surface area contributed by atoms with Gasteiger partial charge in [0.15, 0.2) is 5.69 Å². The number of carbonyl (C=O) groups is 1. The molecule has 0 amide bonds. The normalized spacial score (nSPS) is 11.6. The minimum absolute atomic E-state index is 0.0840. The summed E-state index contributed by atoms with van der Waals surface area (Å²) in [6.07, 6.45) is -4.92. The van der Waals surface area contributed by atoms with Crippen molar-refractivity contribution in [1.29, 1.82) is 0 Å². The molecule has 0 radical (unpaired) electrons. The van der Waals surface area contributed by atoms with Crippen LogP contribution in [0.25, 0.3) is 5.69 Å². The predicted molar refractivity (Wildman–Crippen MR) is 91.3 cm³/mol. The maximum atomic E-state index is 13.4. The number of hydrogen-bond donors (Lipinski definition) is 1. The van der Waals surface area contributed by atoms with Crippen molar-refractivity contribution >= 4 is 29.0 Å². The third kappa shape index (κ3) is 3.40. The van der Waals surface area contributed by atoms with Crippen LogP contribution in [-0.4, -0.2) is 15.6 Å². The second-order valence-corrected chi connectivity index (χ2v) is 6.19. The third-order valence-corrected chi connectivity index (χ3v) is 4.10. The van der Waals surface area contributed by atoms with Gasteiger partial charge in [0.1, 0.15) is 5.56 Å². The van der Waals surface area contributed by atoms with Gasteiger partial charge in [-0.1, -0.05) is 23.2 Å². The Morgan fingerprint density at radius 3 is 1.92 bits per heavy atom. The molecule has 3 aromatic rings. The van der Waals surface area contributed by atoms with Gasteiger partial charge in [-0.25, -0.2) is 4.68 Å². The lowest BCUT2D eigenvalue weighted by atomic mass is 10.0. The average molecular weight is 401 g/mol. The first-order valence-electron chi connectivity index (χ1n) is 7.17. The average Bonchev–Trinajstić information content (AvgIpc) is 2.93. The van der Waals surface area contributed by atoms with E-state index in [9.17, 15) is 22.8 Å². The molecule has 0 saturated carbocycles. The summed E-state index contributed by atoms with van der Waals surface area (Å²) in [6, 6.07) is 10.8. The van der Waals surface area contributed by atoms with Crippen LogP contribution in [0.4, 0.5) is 13.2 Å². The lowest BCUT2D eigenvalue weighted by molar-refractivity contribution is -0.141. The Morgan fingerprint density at radius 1 is 0.923 bits per heavy atom. The van der Waals surface area contributed by atoms with Crippen LogP contribution in [-0.2, 0) is 6.18 Å². The number of H-pyrrole nitrogens is 1. The minimum atomic E-state index is -4.92. The number of benzene rings is 2. The lowest BCUT2D eigenvalue weighted by Crippen LogP contribution is -2.22. The highest BCUT2D eigenvalue weighted by molar-refractivity contribution is 6.31. The van der Waals surface area contributed by atoms with E-state index < -0.39 is 28.8 Å². The number of rotatable bonds is 3. The number of nitrogens with one attached hydrogen (secondary N) is 1. The van der Waals surface area contributed by atoms with Crippen molar-refractivity contribution in [2.24, 2.45) is 0 Å². The zero-order valence-corrected chi connectivity index (χ0v) is 14.3. The Labute approximate surface area is 154 Å². The van der Waals surface area contributed by atoms with E-state index in [0.717, 1.165) is 0 Å². The summed E-state index contributed by atoms with van der Waals surface area (Å²) in [6.45, 7) is 0. The summed E-state index contributed by atoms with van der Waals surface area (Å²) < 4.78 is 40.8. The van der Waals surface area contributed by atoms with Gasteiger partial charge in [0.25, 0.3) is 5.56 Å². The van der Waals surface area contributed by atoms with Crippen LogP contribution in [0.2, 0.25) is 10.0 Å². The molecule has 1 aromatic heterocycles. The fraction of sp³-hybridized carbons (Fsp3) is 0.0588. The van der Waals surface area contributed by atoms with E-state index in [2.05, 4.69) is 0 Å². The van der Waals surface area contributed by atoms with E-state index in [1.165, 1.54) is 48.5 Å². The molecule has 1 heterocycles. The molecule has 9 heteroatoms. The summed E-state index contributed by atoms with van der Waals surface area (Å²) in [5, 5.41) is 2.64. The first kappa shape index (κ1) is 18.3. The molecule has 3 rings (SSSR count). The number of ketones is 1. The molecule has 0 bridgehead atoms. The number of hydrogen-bond acceptors (Lipinski definition) is 2. The van der Waals surface area contributed by atoms with Crippen LogP contribution < -0.4 is 5.56 Å². The quantitative estimate of drug-likeness (QED) is 0.646. The third-order valence-electron chi connectivity index (χ3n) is 3.59. The van der Waals surface area contributed by atoms with Crippen LogP contribution in [0.5, 0.6) is 0 Å². The molecule has 0 fully saturated rings. The summed E-state index contributed by atoms with van der Waals surface area (Å²) in [7, 11) is 0. The molecule has 2 aromatic carbocycles. The maximum absolute atomic E-state index is 13.4. The summed E-state index contributed by atoms with van der Waals surface area (Å²) in [5.74, 6) is -1.05. The molecule has 0 atom stereocenters. The first-order valence-corrected chi connectivity index (χ1v) is 7.92. The van der Waals surface area contributed by atoms with E-state index in [4.69, 9.17) is 23.2 Å². The zero-order valence-electron chi connectivity index (χ0n) is 12.8. The number of halogens is 5. The van der Waals surface area contributed by atoms with Crippen molar-refractivity contribution in [2.75, 3.05) is 0 Å². The Kier molecular flexibility index (Phi) is 4.68. The van der Waals surface area contributed by atoms with Gasteiger partial charge >= 0.3 is 6.18 Å². The summed E-state index contributed by atoms with van der Waals surface area (Å²) >= 11 is 11.5. The van der Waals surface area contributed by atoms with Gasteiger partial charge in [0.05, 0.1) is 5.69 Å². The molecule has 0 unspecified atom stereocenters. The van der Waals surface area contributed by atoms with Crippen molar-refractivity contribution in [2.45, 2.75) is 6.18 Å². The predicted octanol–water partition coefficient (Wildman–Crippen LogP) is 4.72. The standard InChI is InChI=1S/C17H9Cl2F3N2O2/c18-10-3-1-9(2-4-10)14(25)13-15(17(20,21)22)23-24(16(13)26)12-7-5-11(19)6-8-12/h1-8,23H. The molecule has 4 nitrogen and oxygen atoms in total. The van der Waals surface area contributed by atoms with Gasteiger partial charge in [-0.05, 0) is 48.5 Å². The van der Waals surface area contributed by atoms with E-state index in [0.29, 0.717) is 14.7 Å². The smallest absolute Gasteiger partial charge is 0.288 e. The lowest BCUT2D eigenvalue weighted by Gasteiger charge is -2.06. The second kappa shape index (κ2) is 6.66. The summed E-state index contributed by atoms with van der Waals surface area (Å²) in [5.41, 5.74) is -3.49. The molecule has 0 saturated heterocycles. The minimum Gasteiger partial charge on any atom is -0.288 e. The van der Waals surface area contributed by atoms with E-state index in [1.54, 1.807) is 0 Å². The Morgan fingerprint density at radius 2 is 1.42 bits per heavy atom. The maximum Gasteiger partial charge on any atom is 0.433 e. The molecule has 134 valence electrons. The molecule has 0 aliphatic carbocycles. The fourth-order valence-corrected chi connectivity index (χ4v) is 2.62. The van der Waals surface area contributed by atoms with Gasteiger partial charge in [-0.2, -0.15) is 13.2 Å². The van der Waals surface area contributed by atoms with Crippen molar-refractivity contribution in [3.05, 3.63) is 85.8 Å². The number of nitrogens with zero attached hydrogens (tertiary/aromatic N) is 1. The highest BCUT2D eigenvalue weighted by atomic mass is 35.5. The number of carbonyl (C=O) groups excluding carboxylic acids is 1. The molecule has 0 aliphatic rings. The highest BCUT2D eigenvalue weighted by Gasteiger charge is 2.40. The van der Waals surface area contributed by atoms with Crippen LogP contribution in [0, 0.1) is 0 Å². The van der Waals surface area contributed by atoms with Crippen molar-refractivity contribution in [1.82, 2.24) is 9.78 Å². The monoisotopic (exact) mass is 400 g/mol. The summed E-state index contributed by atoms with van der Waals surface area (Å²) in [4.78, 5) is 25.1.